The number of benzene rings is 1. The molecule has 140 valence electrons. The third-order valence-corrected chi connectivity index (χ3v) is 5.08. The quantitative estimate of drug-likeness (QED) is 0.766. The van der Waals surface area contributed by atoms with Gasteiger partial charge >= 0.3 is 0 Å². The van der Waals surface area contributed by atoms with E-state index in [9.17, 15) is 4.79 Å². The summed E-state index contributed by atoms with van der Waals surface area (Å²) in [4.78, 5) is 23.4. The Balaban J connectivity index is 1.44. The van der Waals surface area contributed by atoms with Crippen molar-refractivity contribution in [2.45, 2.75) is 33.6 Å². The average Bonchev–Trinajstić information content (AvgIpc) is 3.02. The molecule has 7 heteroatoms. The first-order valence-corrected chi connectivity index (χ1v) is 9.22. The van der Waals surface area contributed by atoms with E-state index in [1.54, 1.807) is 0 Å². The zero-order valence-electron chi connectivity index (χ0n) is 15.8. The minimum Gasteiger partial charge on any atom is -0.356 e. The second-order valence-corrected chi connectivity index (χ2v) is 7.27. The van der Waals surface area contributed by atoms with Gasteiger partial charge in [-0.1, -0.05) is 11.2 Å². The van der Waals surface area contributed by atoms with Crippen molar-refractivity contribution in [1.29, 1.82) is 0 Å². The summed E-state index contributed by atoms with van der Waals surface area (Å²) in [7, 11) is 0. The van der Waals surface area contributed by atoms with Gasteiger partial charge in [-0.3, -0.25) is 4.79 Å². The number of piperidine rings is 1. The van der Waals surface area contributed by atoms with Crippen molar-refractivity contribution in [1.82, 2.24) is 15.1 Å². The Morgan fingerprint density at radius 3 is 2.52 bits per heavy atom. The molecule has 1 N–H and O–H groups in total. The van der Waals surface area contributed by atoms with Crippen LogP contribution >= 0.6 is 0 Å². The van der Waals surface area contributed by atoms with E-state index in [1.807, 2.05) is 32.9 Å². The van der Waals surface area contributed by atoms with Crippen molar-refractivity contribution in [3.63, 3.8) is 0 Å². The highest BCUT2D eigenvalue weighted by Gasteiger charge is 2.27. The van der Waals surface area contributed by atoms with Crippen LogP contribution in [0.25, 0.3) is 11.1 Å². The molecule has 1 fully saturated rings. The predicted molar refractivity (Wildman–Crippen MR) is 104 cm³/mol. The molecule has 0 saturated carbocycles. The van der Waals surface area contributed by atoms with E-state index >= 15 is 0 Å². The Bertz CT molecular complexity index is 969. The minimum absolute atomic E-state index is 0.00275. The van der Waals surface area contributed by atoms with Gasteiger partial charge in [0, 0.05) is 24.7 Å². The number of aromatic nitrogens is 3. The van der Waals surface area contributed by atoms with Gasteiger partial charge < -0.3 is 14.7 Å². The normalized spacial score (nSPS) is 15.3. The summed E-state index contributed by atoms with van der Waals surface area (Å²) in [6.45, 7) is 7.50. The number of nitrogens with one attached hydrogen (secondary N) is 1. The predicted octanol–water partition coefficient (Wildman–Crippen LogP) is 3.40. The van der Waals surface area contributed by atoms with Crippen LogP contribution < -0.4 is 10.2 Å². The summed E-state index contributed by atoms with van der Waals surface area (Å²) in [5.74, 6) is 0.934. The molecule has 0 radical (unpaired) electrons. The number of amides is 1. The summed E-state index contributed by atoms with van der Waals surface area (Å²) in [5.41, 5.74) is 4.47. The zero-order valence-corrected chi connectivity index (χ0v) is 15.8. The van der Waals surface area contributed by atoms with Crippen molar-refractivity contribution in [3.8, 4) is 0 Å². The molecule has 0 unspecified atom stereocenters. The largest absolute Gasteiger partial charge is 0.356 e. The molecular formula is C20H23N5O2. The first kappa shape index (κ1) is 17.5. The van der Waals surface area contributed by atoms with Crippen LogP contribution in [-0.4, -0.2) is 34.1 Å². The number of hydrogen-bond acceptors (Lipinski definition) is 6. The van der Waals surface area contributed by atoms with Gasteiger partial charge in [0.2, 0.25) is 5.91 Å². The summed E-state index contributed by atoms with van der Waals surface area (Å²) in [6, 6.07) is 6.11. The summed E-state index contributed by atoms with van der Waals surface area (Å²) in [5, 5.41) is 7.92. The van der Waals surface area contributed by atoms with Crippen LogP contribution in [-0.2, 0) is 4.79 Å². The molecule has 1 aromatic carbocycles. The fourth-order valence-electron chi connectivity index (χ4n) is 3.79. The van der Waals surface area contributed by atoms with Crippen molar-refractivity contribution in [2.24, 2.45) is 5.92 Å². The number of nitrogens with zero attached hydrogens (tertiary/aromatic N) is 4. The molecule has 1 aliphatic rings. The van der Waals surface area contributed by atoms with Crippen LogP contribution in [0.4, 0.5) is 11.5 Å². The molecule has 0 atom stereocenters. The van der Waals surface area contributed by atoms with E-state index in [0.29, 0.717) is 5.71 Å². The summed E-state index contributed by atoms with van der Waals surface area (Å²) >= 11 is 0. The van der Waals surface area contributed by atoms with Gasteiger partial charge in [0.25, 0.3) is 5.71 Å². The first-order chi connectivity index (χ1) is 13.0. The number of fused-ring (bicyclic) bond motifs is 1. The van der Waals surface area contributed by atoms with Gasteiger partial charge in [-0.25, -0.2) is 4.98 Å². The second kappa shape index (κ2) is 6.98. The molecule has 1 saturated heterocycles. The highest BCUT2D eigenvalue weighted by molar-refractivity contribution is 5.93. The Morgan fingerprint density at radius 1 is 1.11 bits per heavy atom. The van der Waals surface area contributed by atoms with Crippen LogP contribution in [0.1, 0.15) is 29.7 Å². The zero-order chi connectivity index (χ0) is 19.0. The van der Waals surface area contributed by atoms with Crippen molar-refractivity contribution in [3.05, 3.63) is 41.3 Å². The van der Waals surface area contributed by atoms with Crippen molar-refractivity contribution >= 4 is 28.5 Å². The average molecular weight is 365 g/mol. The monoisotopic (exact) mass is 365 g/mol. The van der Waals surface area contributed by atoms with Crippen LogP contribution in [0.5, 0.6) is 0 Å². The third kappa shape index (κ3) is 3.49. The molecule has 4 rings (SSSR count). The maximum absolute atomic E-state index is 12.7. The summed E-state index contributed by atoms with van der Waals surface area (Å²) in [6.07, 6.45) is 3.07. The highest BCUT2D eigenvalue weighted by atomic mass is 16.5. The molecule has 3 aromatic rings. The topological polar surface area (TPSA) is 84.2 Å². The molecule has 27 heavy (non-hydrogen) atoms. The number of rotatable bonds is 3. The first-order valence-electron chi connectivity index (χ1n) is 9.22. The molecular weight excluding hydrogens is 342 g/mol. The van der Waals surface area contributed by atoms with E-state index in [0.717, 1.165) is 59.6 Å². The lowest BCUT2D eigenvalue weighted by molar-refractivity contribution is -0.120. The van der Waals surface area contributed by atoms with E-state index < -0.39 is 0 Å². The standard InChI is InChI=1S/C20H23N5O2/c1-12-8-13(2)10-16(9-12)23-19(26)15-4-6-25(7-5-15)18-17-14(3)24-27-20(17)22-11-21-18/h8-11,15H,4-7H2,1-3H3,(H,23,26). The molecule has 0 aliphatic carbocycles. The van der Waals surface area contributed by atoms with Crippen molar-refractivity contribution < 1.29 is 9.32 Å². The lowest BCUT2D eigenvalue weighted by Crippen LogP contribution is -2.38. The molecule has 3 heterocycles. The van der Waals surface area contributed by atoms with Crippen LogP contribution in [0, 0.1) is 26.7 Å². The Labute approximate surface area is 157 Å². The molecule has 1 aliphatic heterocycles. The number of aryl methyl sites for hydroxylation is 3. The van der Waals surface area contributed by atoms with E-state index in [4.69, 9.17) is 4.52 Å². The number of carbonyl (C=O) groups is 1. The van der Waals surface area contributed by atoms with Gasteiger partial charge in [0.05, 0.1) is 5.69 Å². The maximum Gasteiger partial charge on any atom is 0.263 e. The smallest absolute Gasteiger partial charge is 0.263 e. The van der Waals surface area contributed by atoms with Crippen LogP contribution in [0.3, 0.4) is 0 Å². The number of anilines is 2. The lowest BCUT2D eigenvalue weighted by Gasteiger charge is -2.32. The fraction of sp³-hybridized carbons (Fsp3) is 0.400. The Morgan fingerprint density at radius 2 is 1.81 bits per heavy atom. The Kier molecular flexibility index (Phi) is 4.51. The SMILES string of the molecule is Cc1cc(C)cc(NC(=O)C2CCN(c3ncnc4onc(C)c34)CC2)c1. The van der Waals surface area contributed by atoms with Gasteiger partial charge in [0.1, 0.15) is 17.5 Å². The number of hydrogen-bond donors (Lipinski definition) is 1. The number of carbonyl (C=O) groups excluding carboxylic acids is 1. The molecule has 1 amide bonds. The highest BCUT2D eigenvalue weighted by Crippen LogP contribution is 2.29. The second-order valence-electron chi connectivity index (χ2n) is 7.27. The summed E-state index contributed by atoms with van der Waals surface area (Å²) < 4.78 is 5.23. The van der Waals surface area contributed by atoms with Gasteiger partial charge in [-0.15, -0.1) is 0 Å². The lowest BCUT2D eigenvalue weighted by atomic mass is 9.95. The van der Waals surface area contributed by atoms with E-state index in [1.165, 1.54) is 6.33 Å². The third-order valence-electron chi connectivity index (χ3n) is 5.08. The molecule has 0 bridgehead atoms. The van der Waals surface area contributed by atoms with Gasteiger partial charge in [-0.2, -0.15) is 4.98 Å². The van der Waals surface area contributed by atoms with Crippen LogP contribution in [0.2, 0.25) is 0 Å². The van der Waals surface area contributed by atoms with E-state index in [2.05, 4.69) is 31.4 Å². The minimum atomic E-state index is 0.00275. The van der Waals surface area contributed by atoms with Crippen molar-refractivity contribution in [2.75, 3.05) is 23.3 Å². The fourth-order valence-corrected chi connectivity index (χ4v) is 3.79. The van der Waals surface area contributed by atoms with Gasteiger partial charge in [0.15, 0.2) is 0 Å². The molecule has 2 aromatic heterocycles. The Hall–Kier alpha value is -2.96. The molecule has 0 spiro atoms. The van der Waals surface area contributed by atoms with Crippen LogP contribution in [0.15, 0.2) is 29.0 Å². The van der Waals surface area contributed by atoms with Gasteiger partial charge in [-0.05, 0) is 56.9 Å². The molecule has 7 nitrogen and oxygen atoms in total. The maximum atomic E-state index is 12.7. The van der Waals surface area contributed by atoms with E-state index in [-0.39, 0.29) is 11.8 Å².